The van der Waals surface area contributed by atoms with Crippen molar-refractivity contribution >= 4 is 46.6 Å². The number of nitrogens with zero attached hydrogens (tertiary/aromatic N) is 8. The van der Waals surface area contributed by atoms with Gasteiger partial charge in [-0.15, -0.1) is 11.3 Å². The Hall–Kier alpha value is -7.77. The number of amides is 5. The van der Waals surface area contributed by atoms with Gasteiger partial charge in [-0.05, 0) is 116 Å². The van der Waals surface area contributed by atoms with E-state index in [9.17, 15) is 29.1 Å². The van der Waals surface area contributed by atoms with Crippen LogP contribution in [0.4, 0.5) is 16.3 Å². The van der Waals surface area contributed by atoms with Gasteiger partial charge in [0, 0.05) is 107 Å². The van der Waals surface area contributed by atoms with Gasteiger partial charge in [0.1, 0.15) is 30.6 Å². The first-order chi connectivity index (χ1) is 39.5. The molecule has 20 nitrogen and oxygen atoms in total. The van der Waals surface area contributed by atoms with E-state index in [0.717, 1.165) is 94.8 Å². The molecule has 0 bridgehead atoms. The van der Waals surface area contributed by atoms with E-state index in [0.29, 0.717) is 44.9 Å². The van der Waals surface area contributed by atoms with E-state index in [2.05, 4.69) is 42.4 Å². The molecule has 434 valence electrons. The number of aromatic nitrogens is 5. The van der Waals surface area contributed by atoms with E-state index < -0.39 is 35.4 Å². The van der Waals surface area contributed by atoms with Gasteiger partial charge in [-0.25, -0.2) is 14.8 Å². The first-order valence-corrected chi connectivity index (χ1v) is 29.1. The molecule has 1 aliphatic heterocycles. The highest BCUT2D eigenvalue weighted by Crippen LogP contribution is 2.32. The molecule has 0 radical (unpaired) electrons. The molecule has 1 aliphatic carbocycles. The number of hydrogen-bond donors (Lipinski definition) is 5. The van der Waals surface area contributed by atoms with Crippen LogP contribution in [0.1, 0.15) is 101 Å². The van der Waals surface area contributed by atoms with Gasteiger partial charge in [-0.3, -0.25) is 28.8 Å². The lowest BCUT2D eigenvalue weighted by Crippen LogP contribution is -2.58. The summed E-state index contributed by atoms with van der Waals surface area (Å²) in [5.74, 6) is -0.522. The highest BCUT2D eigenvalue weighted by molar-refractivity contribution is 7.13. The summed E-state index contributed by atoms with van der Waals surface area (Å²) in [6.45, 7) is 9.98. The number of urea groups is 1. The summed E-state index contributed by atoms with van der Waals surface area (Å²) < 4.78 is 15.0. The normalized spacial score (nSPS) is 17.4. The number of nitriles is 1. The summed E-state index contributed by atoms with van der Waals surface area (Å²) in [6.07, 6.45) is 12.6. The summed E-state index contributed by atoms with van der Waals surface area (Å²) >= 11 is 1.57. The van der Waals surface area contributed by atoms with Crippen LogP contribution in [0.3, 0.4) is 0 Å². The zero-order valence-corrected chi connectivity index (χ0v) is 48.3. The number of nitrogens with one attached hydrogen (secondary N) is 4. The van der Waals surface area contributed by atoms with Crippen molar-refractivity contribution in [3.05, 3.63) is 136 Å². The third-order valence-electron chi connectivity index (χ3n) is 14.9. The van der Waals surface area contributed by atoms with Crippen molar-refractivity contribution in [2.45, 2.75) is 135 Å². The molecule has 5 heterocycles. The molecule has 8 rings (SSSR count). The van der Waals surface area contributed by atoms with Crippen LogP contribution in [0.15, 0.2) is 108 Å². The maximum atomic E-state index is 14.2. The second-order valence-electron chi connectivity index (χ2n) is 22.3. The van der Waals surface area contributed by atoms with Gasteiger partial charge in [0.2, 0.25) is 23.3 Å². The molecular weight excluding hydrogens is 1060 g/mol. The smallest absolute Gasteiger partial charge is 0.322 e. The number of thiazole rings is 1. The Morgan fingerprint density at radius 3 is 2.20 bits per heavy atom. The first kappa shape index (κ1) is 60.3. The lowest BCUT2D eigenvalue weighted by atomic mass is 9.85. The molecule has 5 N–H and O–H groups in total. The predicted octanol–water partition coefficient (Wildman–Crippen LogP) is 7.49. The van der Waals surface area contributed by atoms with E-state index in [1.807, 2.05) is 104 Å². The van der Waals surface area contributed by atoms with Gasteiger partial charge in [0.15, 0.2) is 0 Å². The number of hydrogen-bond acceptors (Lipinski definition) is 14. The number of aryl methyl sites for hydroxylation is 3. The Balaban J connectivity index is 0.712. The summed E-state index contributed by atoms with van der Waals surface area (Å²) in [6, 6.07) is 22.9. The van der Waals surface area contributed by atoms with Crippen LogP contribution in [-0.2, 0) is 50.5 Å². The SMILES string of the molecule is Cc1ncsc1-c1ccc(CNC(=O)[C@@H]2C[C@@H](O)CN2C(=O)[C@@H](NC(=O)COCCCCOCCCCn2cc(CNC(=O)N(c3ccc(-c4ccc(=O)n(C)c4)cc3)[C@H]3CC[C@H](Nc4ccc(C#N)cn4)CC3)cn2)C(C)(C)C)cc1. The number of likely N-dealkylation sites (tertiary alicyclic amines) is 1. The fourth-order valence-electron chi connectivity index (χ4n) is 10.3. The van der Waals surface area contributed by atoms with Crippen LogP contribution >= 0.6 is 11.3 Å². The minimum atomic E-state index is -0.953. The fraction of sp³-hybridized carbons (Fsp3) is 0.459. The van der Waals surface area contributed by atoms with Gasteiger partial charge in [0.05, 0.1) is 33.9 Å². The summed E-state index contributed by atoms with van der Waals surface area (Å²) in [4.78, 5) is 79.8. The molecule has 5 amide bonds. The molecule has 1 saturated carbocycles. The molecule has 2 aromatic carbocycles. The second-order valence-corrected chi connectivity index (χ2v) is 23.1. The zero-order chi connectivity index (χ0) is 58.2. The van der Waals surface area contributed by atoms with Crippen LogP contribution in [0.25, 0.3) is 21.6 Å². The van der Waals surface area contributed by atoms with Crippen LogP contribution in [0.2, 0.25) is 0 Å². The quantitative estimate of drug-likeness (QED) is 0.0349. The van der Waals surface area contributed by atoms with Crippen molar-refractivity contribution < 1.29 is 33.8 Å². The van der Waals surface area contributed by atoms with E-state index in [-0.39, 0.29) is 55.7 Å². The number of benzene rings is 2. The van der Waals surface area contributed by atoms with Crippen molar-refractivity contribution in [3.63, 3.8) is 0 Å². The molecule has 21 heteroatoms. The zero-order valence-electron chi connectivity index (χ0n) is 47.5. The van der Waals surface area contributed by atoms with Crippen molar-refractivity contribution in [1.29, 1.82) is 5.26 Å². The van der Waals surface area contributed by atoms with Crippen molar-refractivity contribution in [2.75, 3.05) is 43.2 Å². The van der Waals surface area contributed by atoms with E-state index in [1.165, 1.54) is 4.90 Å². The predicted molar refractivity (Wildman–Crippen MR) is 314 cm³/mol. The van der Waals surface area contributed by atoms with Crippen LogP contribution < -0.4 is 31.7 Å². The Bertz CT molecular complexity index is 3180. The largest absolute Gasteiger partial charge is 0.391 e. The molecule has 1 saturated heterocycles. The number of anilines is 2. The highest BCUT2D eigenvalue weighted by Gasteiger charge is 2.44. The number of ether oxygens (including phenoxy) is 2. The number of pyridine rings is 2. The minimum Gasteiger partial charge on any atom is -0.391 e. The maximum absolute atomic E-state index is 14.2. The average Bonchev–Trinajstić information content (AvgIpc) is 4.36. The van der Waals surface area contributed by atoms with E-state index >= 15 is 0 Å². The number of carbonyl (C=O) groups excluding carboxylic acids is 4. The van der Waals surface area contributed by atoms with E-state index in [1.54, 1.807) is 59.7 Å². The van der Waals surface area contributed by atoms with Crippen LogP contribution in [0.5, 0.6) is 0 Å². The number of β-amino-alcohol motifs (C(OH)–C–C–N with tert-alkyl or cyclic N) is 1. The van der Waals surface area contributed by atoms with Crippen LogP contribution in [0, 0.1) is 23.7 Å². The van der Waals surface area contributed by atoms with Gasteiger partial charge < -0.3 is 45.3 Å². The van der Waals surface area contributed by atoms with Gasteiger partial charge >= 0.3 is 6.03 Å². The van der Waals surface area contributed by atoms with Gasteiger partial charge in [0.25, 0.3) is 0 Å². The average molecular weight is 1140 g/mol. The minimum absolute atomic E-state index is 0.0130. The van der Waals surface area contributed by atoms with Gasteiger partial charge in [-0.2, -0.15) is 10.4 Å². The lowest BCUT2D eigenvalue weighted by molar-refractivity contribution is -0.144. The van der Waals surface area contributed by atoms with Crippen molar-refractivity contribution in [2.24, 2.45) is 12.5 Å². The second kappa shape index (κ2) is 28.8. The third-order valence-corrected chi connectivity index (χ3v) is 15.9. The van der Waals surface area contributed by atoms with Gasteiger partial charge in [-0.1, -0.05) is 57.2 Å². The van der Waals surface area contributed by atoms with E-state index in [4.69, 9.17) is 14.7 Å². The molecule has 0 spiro atoms. The monoisotopic (exact) mass is 1140 g/mol. The molecule has 2 aliphatic rings. The van der Waals surface area contributed by atoms with Crippen LogP contribution in [-0.4, -0.2) is 121 Å². The first-order valence-electron chi connectivity index (χ1n) is 28.2. The summed E-state index contributed by atoms with van der Waals surface area (Å²) in [5.41, 5.74) is 7.95. The van der Waals surface area contributed by atoms with Crippen molar-refractivity contribution in [3.8, 4) is 27.6 Å². The number of rotatable bonds is 25. The van der Waals surface area contributed by atoms with Crippen molar-refractivity contribution in [1.82, 2.24) is 45.2 Å². The number of aliphatic hydroxyl groups is 1. The highest BCUT2D eigenvalue weighted by atomic mass is 32.1. The molecule has 2 fully saturated rings. The molecule has 0 unspecified atom stereocenters. The topological polar surface area (TPSA) is 251 Å². The third kappa shape index (κ3) is 16.7. The molecule has 6 aromatic rings. The summed E-state index contributed by atoms with van der Waals surface area (Å²) in [7, 11) is 1.72. The lowest BCUT2D eigenvalue weighted by Gasteiger charge is -2.37. The Kier molecular flexibility index (Phi) is 21.2. The maximum Gasteiger partial charge on any atom is 0.322 e. The fourth-order valence-corrected chi connectivity index (χ4v) is 11.1. The Morgan fingerprint density at radius 2 is 1.52 bits per heavy atom. The summed E-state index contributed by atoms with van der Waals surface area (Å²) in [5, 5.41) is 36.7. The number of unbranched alkanes of at least 4 members (excludes halogenated alkanes) is 2. The number of carbonyl (C=O) groups is 4. The number of aliphatic hydroxyl groups excluding tert-OH is 1. The Labute approximate surface area is 483 Å². The Morgan fingerprint density at radius 1 is 0.829 bits per heavy atom. The molecule has 3 atom stereocenters. The standard InChI is InChI=1S/C61H76N12O8S/c1-41-56(82-40-66-41)46-13-10-42(11-14-46)32-64-58(77)52-30-51(74)38-72(52)59(78)57(61(2,3)4)69-54(75)39-81-29-9-8-28-80-27-7-6-26-71-36-44(35-67-71)34-65-60(79)73(49-20-15-45(16-21-49)47-17-25-55(76)70(5)37-47)50-22-18-48(19-23-50)68-53-24-12-43(31-62)33-63-53/h10-17,20-21,24-25,33,35-37,40,48,50-52,57,74H,6-9,18-19,22-23,26-30,32,34,38-39H2,1-5H3,(H,63,68)(H,64,77)(H,65,79)(H,69,75)/t48-,50-,51-,52+,57-/m1/s1. The molecule has 4 aromatic heterocycles. The molecule has 82 heavy (non-hydrogen) atoms. The molecular formula is C61H76N12O8S.